The largest absolute Gasteiger partial charge is 0.435 e. The number of benzene rings is 2. The number of ether oxygens (including phenoxy) is 1. The van der Waals surface area contributed by atoms with Crippen molar-refractivity contribution >= 4 is 23.5 Å². The molecule has 1 fully saturated rings. The highest BCUT2D eigenvalue weighted by atomic mass is 19.3. The first-order chi connectivity index (χ1) is 14.6. The summed E-state index contributed by atoms with van der Waals surface area (Å²) in [6, 6.07) is 13.5. The second-order valence-electron chi connectivity index (χ2n) is 7.54. The average Bonchev–Trinajstić information content (AvgIpc) is 2.92. The van der Waals surface area contributed by atoms with Gasteiger partial charge in [-0.1, -0.05) is 30.3 Å². The van der Waals surface area contributed by atoms with Crippen LogP contribution in [0.5, 0.6) is 5.75 Å². The molecule has 0 aromatic heterocycles. The monoisotopic (exact) mass is 431 g/mol. The van der Waals surface area contributed by atoms with Gasteiger partial charge in [-0.15, -0.1) is 0 Å². The lowest BCUT2D eigenvalue weighted by molar-refractivity contribution is -0.134. The molecule has 0 spiro atoms. The minimum Gasteiger partial charge on any atom is -0.435 e. The lowest BCUT2D eigenvalue weighted by Crippen LogP contribution is -2.46. The Labute approximate surface area is 178 Å². The van der Waals surface area contributed by atoms with Gasteiger partial charge in [0.1, 0.15) is 17.8 Å². The van der Waals surface area contributed by atoms with E-state index in [1.54, 1.807) is 24.3 Å². The SMILES string of the molecule is CC(C)N(C(=O)CN1C(=O)NC(C)(c2ccc(OC(F)F)cc2)C1=O)c1ccccc1. The van der Waals surface area contributed by atoms with Crippen molar-refractivity contribution in [2.75, 3.05) is 11.4 Å². The standard InChI is InChI=1S/C22H23F2N3O4/c1-14(2)27(16-7-5-4-6-8-16)18(28)13-26-19(29)22(3,25-21(26)30)15-9-11-17(12-10-15)31-20(23)24/h4-12,14,20H,13H2,1-3H3,(H,25,30). The summed E-state index contributed by atoms with van der Waals surface area (Å²) in [4.78, 5) is 41.0. The first kappa shape index (κ1) is 22.2. The number of anilines is 1. The lowest BCUT2D eigenvalue weighted by atomic mass is 9.92. The number of halogens is 2. The smallest absolute Gasteiger partial charge is 0.387 e. The number of nitrogens with one attached hydrogen (secondary N) is 1. The van der Waals surface area contributed by atoms with Crippen LogP contribution in [0.1, 0.15) is 26.3 Å². The molecule has 7 nitrogen and oxygen atoms in total. The third-order valence-electron chi connectivity index (χ3n) is 5.04. The molecule has 3 rings (SSSR count). The highest BCUT2D eigenvalue weighted by molar-refractivity contribution is 6.10. The average molecular weight is 431 g/mol. The Bertz CT molecular complexity index is 966. The fourth-order valence-electron chi connectivity index (χ4n) is 3.54. The van der Waals surface area contributed by atoms with Crippen LogP contribution in [0.2, 0.25) is 0 Å². The summed E-state index contributed by atoms with van der Waals surface area (Å²) in [6.07, 6.45) is 0. The predicted octanol–water partition coefficient (Wildman–Crippen LogP) is 3.50. The van der Waals surface area contributed by atoms with E-state index < -0.39 is 36.5 Å². The number of nitrogens with zero attached hydrogens (tertiary/aromatic N) is 2. The van der Waals surface area contributed by atoms with E-state index >= 15 is 0 Å². The van der Waals surface area contributed by atoms with E-state index in [-0.39, 0.29) is 11.8 Å². The number of para-hydroxylation sites is 1. The van der Waals surface area contributed by atoms with Crippen molar-refractivity contribution in [1.29, 1.82) is 0 Å². The number of amides is 4. The van der Waals surface area contributed by atoms with E-state index in [9.17, 15) is 23.2 Å². The molecule has 0 aliphatic carbocycles. The zero-order valence-electron chi connectivity index (χ0n) is 17.3. The van der Waals surface area contributed by atoms with Gasteiger partial charge in [0.15, 0.2) is 0 Å². The summed E-state index contributed by atoms with van der Waals surface area (Å²) < 4.78 is 29.0. The van der Waals surface area contributed by atoms with Gasteiger partial charge in [-0.3, -0.25) is 14.5 Å². The van der Waals surface area contributed by atoms with E-state index in [2.05, 4.69) is 10.1 Å². The van der Waals surface area contributed by atoms with Crippen LogP contribution in [0, 0.1) is 0 Å². The predicted molar refractivity (Wildman–Crippen MR) is 110 cm³/mol. The molecule has 164 valence electrons. The van der Waals surface area contributed by atoms with E-state index in [0.29, 0.717) is 11.3 Å². The zero-order valence-corrected chi connectivity index (χ0v) is 17.3. The Morgan fingerprint density at radius 2 is 1.71 bits per heavy atom. The van der Waals surface area contributed by atoms with E-state index in [1.165, 1.54) is 36.1 Å². The minimum absolute atomic E-state index is 0.0680. The Morgan fingerprint density at radius 1 is 1.10 bits per heavy atom. The maximum Gasteiger partial charge on any atom is 0.387 e. The Morgan fingerprint density at radius 3 is 2.26 bits per heavy atom. The highest BCUT2D eigenvalue weighted by Crippen LogP contribution is 2.30. The van der Waals surface area contributed by atoms with Crippen molar-refractivity contribution in [3.63, 3.8) is 0 Å². The summed E-state index contributed by atoms with van der Waals surface area (Å²) in [6.45, 7) is 1.77. The lowest BCUT2D eigenvalue weighted by Gasteiger charge is -2.28. The number of rotatable bonds is 7. The summed E-state index contributed by atoms with van der Waals surface area (Å²) in [7, 11) is 0. The molecule has 2 aromatic carbocycles. The first-order valence-electron chi connectivity index (χ1n) is 9.70. The first-order valence-corrected chi connectivity index (χ1v) is 9.70. The topological polar surface area (TPSA) is 79.0 Å². The summed E-state index contributed by atoms with van der Waals surface area (Å²) in [5.41, 5.74) is -0.394. The van der Waals surface area contributed by atoms with Crippen LogP contribution in [0.4, 0.5) is 19.3 Å². The summed E-state index contributed by atoms with van der Waals surface area (Å²) in [5, 5.41) is 2.60. The van der Waals surface area contributed by atoms with Gasteiger partial charge in [-0.2, -0.15) is 8.78 Å². The second kappa shape index (κ2) is 8.71. The third kappa shape index (κ3) is 4.50. The fourth-order valence-corrected chi connectivity index (χ4v) is 3.54. The molecule has 1 aliphatic rings. The fraction of sp³-hybridized carbons (Fsp3) is 0.318. The van der Waals surface area contributed by atoms with Crippen molar-refractivity contribution < 1.29 is 27.9 Å². The molecule has 1 saturated heterocycles. The molecule has 1 N–H and O–H groups in total. The van der Waals surface area contributed by atoms with Crippen molar-refractivity contribution in [1.82, 2.24) is 10.2 Å². The summed E-state index contributed by atoms with van der Waals surface area (Å²) >= 11 is 0. The second-order valence-corrected chi connectivity index (χ2v) is 7.54. The van der Waals surface area contributed by atoms with E-state index in [4.69, 9.17) is 0 Å². The van der Waals surface area contributed by atoms with Crippen LogP contribution in [-0.4, -0.2) is 41.9 Å². The van der Waals surface area contributed by atoms with Crippen LogP contribution in [-0.2, 0) is 15.1 Å². The zero-order chi connectivity index (χ0) is 22.8. The van der Waals surface area contributed by atoms with Crippen molar-refractivity contribution in [2.24, 2.45) is 0 Å². The Hall–Kier alpha value is -3.49. The van der Waals surface area contributed by atoms with Gasteiger partial charge in [0.2, 0.25) is 5.91 Å². The van der Waals surface area contributed by atoms with E-state index in [1.807, 2.05) is 19.9 Å². The van der Waals surface area contributed by atoms with Crippen LogP contribution in [0.25, 0.3) is 0 Å². The normalized spacial score (nSPS) is 18.5. The van der Waals surface area contributed by atoms with Gasteiger partial charge in [-0.25, -0.2) is 4.79 Å². The van der Waals surface area contributed by atoms with Crippen LogP contribution in [0.15, 0.2) is 54.6 Å². The van der Waals surface area contributed by atoms with Gasteiger partial charge in [0.05, 0.1) is 0 Å². The Kier molecular flexibility index (Phi) is 6.24. The number of alkyl halides is 2. The number of carbonyl (C=O) groups is 3. The molecule has 9 heteroatoms. The van der Waals surface area contributed by atoms with Gasteiger partial charge in [-0.05, 0) is 50.6 Å². The molecule has 1 aliphatic heterocycles. The van der Waals surface area contributed by atoms with Gasteiger partial charge in [0, 0.05) is 11.7 Å². The van der Waals surface area contributed by atoms with Gasteiger partial charge in [0.25, 0.3) is 5.91 Å². The minimum atomic E-state index is -2.97. The van der Waals surface area contributed by atoms with Crippen LogP contribution < -0.4 is 15.0 Å². The third-order valence-corrected chi connectivity index (χ3v) is 5.04. The molecule has 4 amide bonds. The van der Waals surface area contributed by atoms with Crippen LogP contribution >= 0.6 is 0 Å². The maximum absolute atomic E-state index is 13.1. The molecular formula is C22H23F2N3O4. The number of imide groups is 1. The highest BCUT2D eigenvalue weighted by Gasteiger charge is 2.49. The van der Waals surface area contributed by atoms with E-state index in [0.717, 1.165) is 4.90 Å². The summed E-state index contributed by atoms with van der Waals surface area (Å²) in [5.74, 6) is -1.08. The molecule has 1 atom stereocenters. The molecule has 1 heterocycles. The molecule has 0 bridgehead atoms. The number of hydrogen-bond donors (Lipinski definition) is 1. The molecule has 2 aromatic rings. The molecule has 1 unspecified atom stereocenters. The Balaban J connectivity index is 1.80. The molecule has 0 saturated carbocycles. The number of hydrogen-bond acceptors (Lipinski definition) is 4. The van der Waals surface area contributed by atoms with Crippen molar-refractivity contribution in [3.8, 4) is 5.75 Å². The number of urea groups is 1. The number of carbonyl (C=O) groups excluding carboxylic acids is 3. The van der Waals surface area contributed by atoms with Crippen LogP contribution in [0.3, 0.4) is 0 Å². The maximum atomic E-state index is 13.1. The van der Waals surface area contributed by atoms with Crippen molar-refractivity contribution in [2.45, 2.75) is 39.0 Å². The van der Waals surface area contributed by atoms with Gasteiger partial charge < -0.3 is 15.0 Å². The molecular weight excluding hydrogens is 408 g/mol. The molecule has 31 heavy (non-hydrogen) atoms. The van der Waals surface area contributed by atoms with Crippen molar-refractivity contribution in [3.05, 3.63) is 60.2 Å². The quantitative estimate of drug-likeness (QED) is 0.681. The van der Waals surface area contributed by atoms with Gasteiger partial charge >= 0.3 is 12.6 Å². The molecule has 0 radical (unpaired) electrons.